The van der Waals surface area contributed by atoms with Gasteiger partial charge in [0.15, 0.2) is 6.10 Å². The van der Waals surface area contributed by atoms with E-state index in [0.717, 1.165) is 16.6 Å². The highest BCUT2D eigenvalue weighted by atomic mass is 16.5. The molecule has 2 rings (SSSR count). The van der Waals surface area contributed by atoms with E-state index < -0.39 is 12.1 Å². The van der Waals surface area contributed by atoms with Crippen LogP contribution in [0, 0.1) is 0 Å². The molecular formula is C12H14N2O3. The number of rotatable bonds is 4. The predicted molar refractivity (Wildman–Crippen MR) is 62.6 cm³/mol. The van der Waals surface area contributed by atoms with Crippen LogP contribution < -0.4 is 0 Å². The van der Waals surface area contributed by atoms with Gasteiger partial charge in [-0.1, -0.05) is 18.2 Å². The molecule has 5 nitrogen and oxygen atoms in total. The third kappa shape index (κ3) is 2.29. The molecule has 0 radical (unpaired) electrons. The van der Waals surface area contributed by atoms with E-state index in [1.807, 2.05) is 31.3 Å². The lowest BCUT2D eigenvalue weighted by Crippen LogP contribution is -2.19. The number of para-hydroxylation sites is 1. The van der Waals surface area contributed by atoms with E-state index in [-0.39, 0.29) is 6.61 Å². The smallest absolute Gasteiger partial charge is 0.332 e. The van der Waals surface area contributed by atoms with Crippen molar-refractivity contribution in [1.82, 2.24) is 9.78 Å². The maximum absolute atomic E-state index is 10.6. The number of carboxylic acid groups (broad SMARTS) is 1. The zero-order chi connectivity index (χ0) is 12.4. The molecule has 1 aromatic heterocycles. The summed E-state index contributed by atoms with van der Waals surface area (Å²) >= 11 is 0. The third-order valence-corrected chi connectivity index (χ3v) is 2.65. The zero-order valence-corrected chi connectivity index (χ0v) is 9.75. The molecule has 0 aliphatic heterocycles. The summed E-state index contributed by atoms with van der Waals surface area (Å²) in [6.45, 7) is 1.71. The third-order valence-electron chi connectivity index (χ3n) is 2.65. The fourth-order valence-corrected chi connectivity index (χ4v) is 1.67. The molecule has 0 saturated carbocycles. The minimum Gasteiger partial charge on any atom is -0.479 e. The number of aromatic nitrogens is 2. The van der Waals surface area contributed by atoms with E-state index in [9.17, 15) is 4.79 Å². The fourth-order valence-electron chi connectivity index (χ4n) is 1.67. The number of hydrogen-bond donors (Lipinski definition) is 1. The number of fused-ring (bicyclic) bond motifs is 1. The van der Waals surface area contributed by atoms with Crippen molar-refractivity contribution in [3.63, 3.8) is 0 Å². The number of ether oxygens (including phenoxy) is 1. The Hall–Kier alpha value is -1.88. The van der Waals surface area contributed by atoms with E-state index in [1.165, 1.54) is 6.92 Å². The van der Waals surface area contributed by atoms with Crippen LogP contribution in [0.1, 0.15) is 12.6 Å². The van der Waals surface area contributed by atoms with Gasteiger partial charge >= 0.3 is 5.97 Å². The van der Waals surface area contributed by atoms with Crippen LogP contribution >= 0.6 is 0 Å². The highest BCUT2D eigenvalue weighted by molar-refractivity contribution is 5.81. The minimum absolute atomic E-state index is 0.203. The number of aliphatic carboxylic acids is 1. The van der Waals surface area contributed by atoms with Gasteiger partial charge in [-0.25, -0.2) is 4.79 Å². The summed E-state index contributed by atoms with van der Waals surface area (Å²) in [5.74, 6) is -0.967. The Morgan fingerprint density at radius 3 is 2.94 bits per heavy atom. The van der Waals surface area contributed by atoms with Gasteiger partial charge in [-0.3, -0.25) is 4.68 Å². The molecule has 0 spiro atoms. The first-order chi connectivity index (χ1) is 8.09. The molecule has 0 bridgehead atoms. The van der Waals surface area contributed by atoms with Gasteiger partial charge < -0.3 is 9.84 Å². The molecule has 2 aromatic rings. The average molecular weight is 234 g/mol. The molecule has 1 atom stereocenters. The predicted octanol–water partition coefficient (Wildman–Crippen LogP) is 1.56. The Bertz CT molecular complexity index is 548. The molecule has 1 heterocycles. The molecule has 17 heavy (non-hydrogen) atoms. The lowest BCUT2D eigenvalue weighted by molar-refractivity contribution is -0.149. The summed E-state index contributed by atoms with van der Waals surface area (Å²) in [6, 6.07) is 7.78. The van der Waals surface area contributed by atoms with Crippen LogP contribution in [0.5, 0.6) is 0 Å². The largest absolute Gasteiger partial charge is 0.479 e. The first-order valence-electron chi connectivity index (χ1n) is 5.34. The van der Waals surface area contributed by atoms with E-state index in [4.69, 9.17) is 9.84 Å². The van der Waals surface area contributed by atoms with Crippen LogP contribution in [0.2, 0.25) is 0 Å². The monoisotopic (exact) mass is 234 g/mol. The van der Waals surface area contributed by atoms with Gasteiger partial charge in [0.05, 0.1) is 17.8 Å². The zero-order valence-electron chi connectivity index (χ0n) is 9.75. The number of benzene rings is 1. The van der Waals surface area contributed by atoms with E-state index in [1.54, 1.807) is 4.68 Å². The molecule has 1 aromatic carbocycles. The Balaban J connectivity index is 2.22. The van der Waals surface area contributed by atoms with E-state index in [0.29, 0.717) is 0 Å². The summed E-state index contributed by atoms with van der Waals surface area (Å²) in [5.41, 5.74) is 1.77. The molecular weight excluding hydrogens is 220 g/mol. The van der Waals surface area contributed by atoms with Crippen molar-refractivity contribution in [2.24, 2.45) is 7.05 Å². The van der Waals surface area contributed by atoms with Crippen molar-refractivity contribution in [3.8, 4) is 0 Å². The highest BCUT2D eigenvalue weighted by Crippen LogP contribution is 2.18. The summed E-state index contributed by atoms with van der Waals surface area (Å²) < 4.78 is 7.00. The summed E-state index contributed by atoms with van der Waals surface area (Å²) in [5, 5.41) is 14.0. The van der Waals surface area contributed by atoms with Gasteiger partial charge in [0, 0.05) is 12.4 Å². The van der Waals surface area contributed by atoms with Crippen LogP contribution in [0.25, 0.3) is 10.9 Å². The summed E-state index contributed by atoms with van der Waals surface area (Å²) in [7, 11) is 1.85. The Kier molecular flexibility index (Phi) is 3.10. The topological polar surface area (TPSA) is 64.4 Å². The van der Waals surface area contributed by atoms with Gasteiger partial charge in [0.2, 0.25) is 0 Å². The van der Waals surface area contributed by atoms with Crippen LogP contribution in [-0.2, 0) is 23.2 Å². The van der Waals surface area contributed by atoms with E-state index in [2.05, 4.69) is 5.10 Å². The Labute approximate surface area is 98.6 Å². The van der Waals surface area contributed by atoms with Crippen molar-refractivity contribution in [1.29, 1.82) is 0 Å². The van der Waals surface area contributed by atoms with Gasteiger partial charge in [-0.05, 0) is 13.0 Å². The van der Waals surface area contributed by atoms with Crippen molar-refractivity contribution < 1.29 is 14.6 Å². The van der Waals surface area contributed by atoms with Crippen LogP contribution in [0.3, 0.4) is 0 Å². The molecule has 90 valence electrons. The first-order valence-corrected chi connectivity index (χ1v) is 5.34. The number of hydrogen-bond acceptors (Lipinski definition) is 3. The molecule has 0 saturated heterocycles. The van der Waals surface area contributed by atoms with Crippen LogP contribution in [0.4, 0.5) is 0 Å². The molecule has 0 aliphatic carbocycles. The van der Waals surface area contributed by atoms with Crippen molar-refractivity contribution in [2.75, 3.05) is 0 Å². The molecule has 0 aliphatic rings. The molecule has 1 N–H and O–H groups in total. The molecule has 0 unspecified atom stereocenters. The van der Waals surface area contributed by atoms with Gasteiger partial charge in [-0.15, -0.1) is 0 Å². The normalized spacial score (nSPS) is 12.8. The number of aryl methyl sites for hydroxylation is 1. The van der Waals surface area contributed by atoms with Gasteiger partial charge in [0.1, 0.15) is 0 Å². The second-order valence-electron chi connectivity index (χ2n) is 3.88. The van der Waals surface area contributed by atoms with Crippen LogP contribution in [-0.4, -0.2) is 27.0 Å². The lowest BCUT2D eigenvalue weighted by Gasteiger charge is -2.06. The van der Waals surface area contributed by atoms with Crippen molar-refractivity contribution in [2.45, 2.75) is 19.6 Å². The Morgan fingerprint density at radius 1 is 1.53 bits per heavy atom. The minimum atomic E-state index is -0.967. The average Bonchev–Trinajstić information content (AvgIpc) is 2.64. The van der Waals surface area contributed by atoms with Gasteiger partial charge in [0.25, 0.3) is 0 Å². The lowest BCUT2D eigenvalue weighted by atomic mass is 10.2. The maximum Gasteiger partial charge on any atom is 0.332 e. The second-order valence-corrected chi connectivity index (χ2v) is 3.88. The van der Waals surface area contributed by atoms with Crippen LogP contribution in [0.15, 0.2) is 24.3 Å². The molecule has 0 amide bonds. The first kappa shape index (κ1) is 11.6. The van der Waals surface area contributed by atoms with Crippen molar-refractivity contribution in [3.05, 3.63) is 30.0 Å². The number of nitrogens with zero attached hydrogens (tertiary/aromatic N) is 2. The number of carbonyl (C=O) groups is 1. The van der Waals surface area contributed by atoms with Gasteiger partial charge in [-0.2, -0.15) is 5.10 Å². The van der Waals surface area contributed by atoms with Crippen molar-refractivity contribution >= 4 is 16.9 Å². The second kappa shape index (κ2) is 4.55. The maximum atomic E-state index is 10.6. The Morgan fingerprint density at radius 2 is 2.24 bits per heavy atom. The standard InChI is InChI=1S/C12H14N2O3/c1-8(12(15)16)17-7-10-9-5-3-4-6-11(9)14(2)13-10/h3-6,8H,7H2,1-2H3,(H,15,16)/t8-/m1/s1. The highest BCUT2D eigenvalue weighted by Gasteiger charge is 2.14. The summed E-state index contributed by atoms with van der Waals surface area (Å²) in [6.07, 6.45) is -0.823. The van der Waals surface area contributed by atoms with E-state index >= 15 is 0 Å². The molecule has 0 fully saturated rings. The number of carboxylic acids is 1. The quantitative estimate of drug-likeness (QED) is 0.872. The molecule has 5 heteroatoms. The summed E-state index contributed by atoms with van der Waals surface area (Å²) in [4.78, 5) is 10.6. The SMILES string of the molecule is C[C@@H](OCc1nn(C)c2ccccc12)C(=O)O. The fraction of sp³-hybridized carbons (Fsp3) is 0.333.